The molecule has 0 spiro atoms. The average molecular weight is 283 g/mol. The Kier molecular flexibility index (Phi) is 5.37. The first kappa shape index (κ1) is 15.0. The van der Waals surface area contributed by atoms with Gasteiger partial charge in [-0.15, -0.1) is 11.8 Å². The monoisotopic (exact) mass is 283 g/mol. The zero-order valence-electron chi connectivity index (χ0n) is 10.1. The Balaban J connectivity index is 2.76. The molecular formula is C12H13NO5S. The van der Waals surface area contributed by atoms with Crippen molar-refractivity contribution in [1.82, 2.24) is 5.32 Å². The van der Waals surface area contributed by atoms with E-state index in [0.29, 0.717) is 4.90 Å². The summed E-state index contributed by atoms with van der Waals surface area (Å²) >= 11 is 1.01. The Bertz CT molecular complexity index is 485. The minimum absolute atomic E-state index is 0.127. The molecule has 7 heteroatoms. The van der Waals surface area contributed by atoms with Crippen LogP contribution < -0.4 is 5.32 Å². The molecule has 3 N–H and O–H groups in total. The lowest BCUT2D eigenvalue weighted by atomic mass is 10.2. The van der Waals surface area contributed by atoms with E-state index in [1.165, 1.54) is 31.3 Å². The number of benzene rings is 1. The number of carbonyl (C=O) groups is 3. The first-order chi connectivity index (χ1) is 8.93. The summed E-state index contributed by atoms with van der Waals surface area (Å²) in [6.45, 7) is 0. The minimum atomic E-state index is -1.09. The molecule has 0 fully saturated rings. The van der Waals surface area contributed by atoms with Crippen molar-refractivity contribution in [3.63, 3.8) is 0 Å². The van der Waals surface area contributed by atoms with Crippen molar-refractivity contribution in [1.29, 1.82) is 0 Å². The highest BCUT2D eigenvalue weighted by atomic mass is 32.2. The van der Waals surface area contributed by atoms with Gasteiger partial charge >= 0.3 is 11.9 Å². The summed E-state index contributed by atoms with van der Waals surface area (Å²) in [4.78, 5) is 33.5. The Hall–Kier alpha value is -2.02. The molecule has 1 atom stereocenters. The molecule has 1 aromatic carbocycles. The van der Waals surface area contributed by atoms with Gasteiger partial charge in [-0.05, 0) is 24.3 Å². The van der Waals surface area contributed by atoms with Crippen LogP contribution in [0.15, 0.2) is 29.2 Å². The lowest BCUT2D eigenvalue weighted by Crippen LogP contribution is -2.27. The molecule has 1 rings (SSSR count). The Labute approximate surface area is 113 Å². The van der Waals surface area contributed by atoms with Crippen molar-refractivity contribution >= 4 is 29.6 Å². The Morgan fingerprint density at radius 3 is 2.21 bits per heavy atom. The van der Waals surface area contributed by atoms with Crippen LogP contribution in [-0.4, -0.2) is 40.4 Å². The fourth-order valence-electron chi connectivity index (χ4n) is 1.29. The van der Waals surface area contributed by atoms with Crippen LogP contribution in [0.3, 0.4) is 0 Å². The Morgan fingerprint density at radius 2 is 1.79 bits per heavy atom. The standard InChI is InChI=1S/C12H13NO5S/c1-13-10(14)6-9(12(17)18)19-8-4-2-7(3-5-8)11(15)16/h2-5,9H,6H2,1H3,(H,13,14)(H,15,16)(H,17,18). The van der Waals surface area contributed by atoms with E-state index in [1.807, 2.05) is 0 Å². The van der Waals surface area contributed by atoms with Gasteiger partial charge in [0.05, 0.1) is 5.56 Å². The lowest BCUT2D eigenvalue weighted by molar-refractivity contribution is -0.138. The van der Waals surface area contributed by atoms with E-state index in [2.05, 4.69) is 5.32 Å². The van der Waals surface area contributed by atoms with Crippen LogP contribution >= 0.6 is 11.8 Å². The quantitative estimate of drug-likeness (QED) is 0.675. The molecule has 0 radical (unpaired) electrons. The number of thioether (sulfide) groups is 1. The van der Waals surface area contributed by atoms with Crippen LogP contribution in [-0.2, 0) is 9.59 Å². The number of aromatic carboxylic acids is 1. The van der Waals surface area contributed by atoms with Gasteiger partial charge < -0.3 is 15.5 Å². The van der Waals surface area contributed by atoms with Gasteiger partial charge in [-0.25, -0.2) is 4.79 Å². The van der Waals surface area contributed by atoms with Crippen LogP contribution in [0.25, 0.3) is 0 Å². The molecule has 0 saturated heterocycles. The van der Waals surface area contributed by atoms with Gasteiger partial charge in [0.25, 0.3) is 0 Å². The van der Waals surface area contributed by atoms with E-state index in [1.54, 1.807) is 0 Å². The van der Waals surface area contributed by atoms with E-state index in [0.717, 1.165) is 11.8 Å². The van der Waals surface area contributed by atoms with Crippen LogP contribution in [0, 0.1) is 0 Å². The minimum Gasteiger partial charge on any atom is -0.480 e. The van der Waals surface area contributed by atoms with Gasteiger partial charge in [0.2, 0.25) is 5.91 Å². The molecule has 0 aliphatic carbocycles. The van der Waals surface area contributed by atoms with Crippen molar-refractivity contribution in [3.8, 4) is 0 Å². The van der Waals surface area contributed by atoms with Gasteiger partial charge in [0.1, 0.15) is 5.25 Å². The first-order valence-corrected chi connectivity index (χ1v) is 6.25. The molecule has 0 aliphatic rings. The van der Waals surface area contributed by atoms with Crippen molar-refractivity contribution < 1.29 is 24.6 Å². The van der Waals surface area contributed by atoms with Gasteiger partial charge in [-0.2, -0.15) is 0 Å². The number of hydrogen-bond acceptors (Lipinski definition) is 4. The second-order valence-electron chi connectivity index (χ2n) is 3.65. The summed E-state index contributed by atoms with van der Waals surface area (Å²) in [5.41, 5.74) is 0.127. The summed E-state index contributed by atoms with van der Waals surface area (Å²) in [6.07, 6.45) is -0.142. The molecule has 6 nitrogen and oxygen atoms in total. The number of carboxylic acid groups (broad SMARTS) is 2. The second kappa shape index (κ2) is 6.79. The van der Waals surface area contributed by atoms with Gasteiger partial charge in [-0.3, -0.25) is 9.59 Å². The molecule has 0 saturated carbocycles. The molecule has 19 heavy (non-hydrogen) atoms. The third-order valence-electron chi connectivity index (χ3n) is 2.30. The third-order valence-corrected chi connectivity index (χ3v) is 3.50. The largest absolute Gasteiger partial charge is 0.480 e. The molecule has 102 valence electrons. The van der Waals surface area contributed by atoms with Gasteiger partial charge in [-0.1, -0.05) is 0 Å². The van der Waals surface area contributed by atoms with Crippen LogP contribution in [0.2, 0.25) is 0 Å². The zero-order valence-corrected chi connectivity index (χ0v) is 10.9. The number of rotatable bonds is 6. The van der Waals surface area contributed by atoms with Crippen molar-refractivity contribution in [2.24, 2.45) is 0 Å². The summed E-state index contributed by atoms with van der Waals surface area (Å²) in [5, 5.41) is 19.2. The van der Waals surface area contributed by atoms with Crippen LogP contribution in [0.1, 0.15) is 16.8 Å². The normalized spacial score (nSPS) is 11.6. The molecule has 1 aromatic rings. The Morgan fingerprint density at radius 1 is 1.21 bits per heavy atom. The fraction of sp³-hybridized carbons (Fsp3) is 0.250. The summed E-state index contributed by atoms with van der Waals surface area (Å²) in [5.74, 6) is -2.49. The summed E-state index contributed by atoms with van der Waals surface area (Å²) < 4.78 is 0. The van der Waals surface area contributed by atoms with Crippen LogP contribution in [0.4, 0.5) is 0 Å². The smallest absolute Gasteiger partial charge is 0.335 e. The number of aliphatic carboxylic acids is 1. The lowest BCUT2D eigenvalue weighted by Gasteiger charge is -2.11. The van der Waals surface area contributed by atoms with Crippen molar-refractivity contribution in [2.75, 3.05) is 7.05 Å². The average Bonchev–Trinajstić information content (AvgIpc) is 2.38. The first-order valence-electron chi connectivity index (χ1n) is 5.37. The van der Waals surface area contributed by atoms with E-state index < -0.39 is 17.2 Å². The zero-order chi connectivity index (χ0) is 14.4. The van der Waals surface area contributed by atoms with Gasteiger partial charge in [0.15, 0.2) is 0 Å². The van der Waals surface area contributed by atoms with Gasteiger partial charge in [0, 0.05) is 18.4 Å². The van der Waals surface area contributed by atoms with E-state index in [4.69, 9.17) is 10.2 Å². The summed E-state index contributed by atoms with van der Waals surface area (Å²) in [7, 11) is 1.44. The highest BCUT2D eigenvalue weighted by Crippen LogP contribution is 2.26. The van der Waals surface area contributed by atoms with Crippen molar-refractivity contribution in [2.45, 2.75) is 16.6 Å². The predicted molar refractivity (Wildman–Crippen MR) is 69.4 cm³/mol. The summed E-state index contributed by atoms with van der Waals surface area (Å²) in [6, 6.07) is 5.83. The molecule has 1 amide bonds. The highest BCUT2D eigenvalue weighted by molar-refractivity contribution is 8.00. The topological polar surface area (TPSA) is 104 Å². The van der Waals surface area contributed by atoms with E-state index in [-0.39, 0.29) is 17.9 Å². The molecular weight excluding hydrogens is 270 g/mol. The molecule has 0 heterocycles. The number of carboxylic acids is 2. The maximum absolute atomic E-state index is 11.2. The fourth-order valence-corrected chi connectivity index (χ4v) is 2.25. The number of amides is 1. The number of carbonyl (C=O) groups excluding carboxylic acids is 1. The third kappa shape index (κ3) is 4.63. The predicted octanol–water partition coefficient (Wildman–Crippen LogP) is 1.07. The second-order valence-corrected chi connectivity index (χ2v) is 4.93. The molecule has 0 aliphatic heterocycles. The maximum atomic E-state index is 11.2. The SMILES string of the molecule is CNC(=O)CC(Sc1ccc(C(=O)O)cc1)C(=O)O. The number of nitrogens with one attached hydrogen (secondary N) is 1. The van der Waals surface area contributed by atoms with E-state index >= 15 is 0 Å². The molecule has 0 bridgehead atoms. The number of hydrogen-bond donors (Lipinski definition) is 3. The van der Waals surface area contributed by atoms with Crippen LogP contribution in [0.5, 0.6) is 0 Å². The van der Waals surface area contributed by atoms with E-state index in [9.17, 15) is 14.4 Å². The molecule has 1 unspecified atom stereocenters. The highest BCUT2D eigenvalue weighted by Gasteiger charge is 2.22. The van der Waals surface area contributed by atoms with Crippen molar-refractivity contribution in [3.05, 3.63) is 29.8 Å². The maximum Gasteiger partial charge on any atom is 0.335 e. The molecule has 0 aromatic heterocycles.